The summed E-state index contributed by atoms with van der Waals surface area (Å²) in [6.45, 7) is -2.29. The second-order valence-corrected chi connectivity index (χ2v) is 5.52. The lowest BCUT2D eigenvalue weighted by atomic mass is 10.2. The van der Waals surface area contributed by atoms with E-state index < -0.39 is 6.61 Å². The predicted octanol–water partition coefficient (Wildman–Crippen LogP) is 3.21. The summed E-state index contributed by atoms with van der Waals surface area (Å²) in [5, 5.41) is 6.55. The number of halogens is 3. The zero-order valence-corrected chi connectivity index (χ0v) is 15.1. The number of alkyl halides is 2. The monoisotopic (exact) mass is 384 g/mol. The third-order valence-corrected chi connectivity index (χ3v) is 3.63. The molecule has 0 radical (unpaired) electrons. The molecule has 0 saturated carbocycles. The van der Waals surface area contributed by atoms with Gasteiger partial charge in [0.25, 0.3) is 0 Å². The van der Waals surface area contributed by atoms with Crippen LogP contribution in [-0.2, 0) is 13.1 Å². The average molecular weight is 385 g/mol. The molecule has 6 nitrogen and oxygen atoms in total. The highest BCUT2D eigenvalue weighted by molar-refractivity contribution is 6.30. The smallest absolute Gasteiger partial charge is 0.387 e. The zero-order chi connectivity index (χ0) is 18.9. The molecule has 1 aromatic carbocycles. The van der Waals surface area contributed by atoms with Crippen molar-refractivity contribution in [1.29, 1.82) is 0 Å². The Morgan fingerprint density at radius 1 is 1.23 bits per heavy atom. The maximum absolute atomic E-state index is 12.5. The minimum absolute atomic E-state index is 0.0567. The molecule has 0 aliphatic rings. The Kier molecular flexibility index (Phi) is 7.40. The summed E-state index contributed by atoms with van der Waals surface area (Å²) in [6, 6.07) is 8.13. The number of nitrogens with zero attached hydrogens (tertiary/aromatic N) is 2. The van der Waals surface area contributed by atoms with Gasteiger partial charge in [0.2, 0.25) is 5.88 Å². The molecule has 0 unspecified atom stereocenters. The normalized spacial score (nSPS) is 11.4. The van der Waals surface area contributed by atoms with Crippen molar-refractivity contribution in [2.75, 3.05) is 14.2 Å². The van der Waals surface area contributed by atoms with Crippen LogP contribution in [0.15, 0.2) is 41.5 Å². The molecule has 0 bridgehead atoms. The van der Waals surface area contributed by atoms with Crippen molar-refractivity contribution in [1.82, 2.24) is 15.6 Å². The number of hydrogen-bond donors (Lipinski definition) is 2. The number of aromatic nitrogens is 1. The van der Waals surface area contributed by atoms with Gasteiger partial charge >= 0.3 is 6.61 Å². The molecule has 2 aromatic rings. The number of rotatable bonds is 7. The summed E-state index contributed by atoms with van der Waals surface area (Å²) >= 11 is 5.94. The quantitative estimate of drug-likeness (QED) is 0.566. The Hall–Kier alpha value is -2.61. The molecule has 1 heterocycles. The molecule has 1 aromatic heterocycles. The van der Waals surface area contributed by atoms with E-state index in [4.69, 9.17) is 16.3 Å². The van der Waals surface area contributed by atoms with Crippen molar-refractivity contribution in [3.8, 4) is 11.6 Å². The van der Waals surface area contributed by atoms with Crippen molar-refractivity contribution in [2.24, 2.45) is 4.99 Å². The van der Waals surface area contributed by atoms with Crippen molar-refractivity contribution in [3.05, 3.63) is 52.7 Å². The molecular formula is C17H19ClF2N4O2. The van der Waals surface area contributed by atoms with Gasteiger partial charge in [0.1, 0.15) is 5.75 Å². The average Bonchev–Trinajstić information content (AvgIpc) is 2.63. The van der Waals surface area contributed by atoms with Gasteiger partial charge in [-0.05, 0) is 24.3 Å². The van der Waals surface area contributed by atoms with E-state index in [2.05, 4.69) is 25.3 Å². The number of hydrogen-bond acceptors (Lipinski definition) is 4. The predicted molar refractivity (Wildman–Crippen MR) is 95.9 cm³/mol. The van der Waals surface area contributed by atoms with Crippen LogP contribution in [0.3, 0.4) is 0 Å². The molecule has 140 valence electrons. The van der Waals surface area contributed by atoms with Gasteiger partial charge in [-0.25, -0.2) is 4.98 Å². The van der Waals surface area contributed by atoms with Gasteiger partial charge in [-0.1, -0.05) is 17.7 Å². The van der Waals surface area contributed by atoms with E-state index >= 15 is 0 Å². The second-order valence-electron chi connectivity index (χ2n) is 5.08. The highest BCUT2D eigenvalue weighted by Gasteiger charge is 2.11. The van der Waals surface area contributed by atoms with Crippen LogP contribution in [0.25, 0.3) is 0 Å². The summed E-state index contributed by atoms with van der Waals surface area (Å²) < 4.78 is 34.7. The first kappa shape index (κ1) is 19.7. The molecule has 0 aliphatic carbocycles. The van der Waals surface area contributed by atoms with Gasteiger partial charge in [-0.2, -0.15) is 8.78 Å². The number of benzene rings is 1. The van der Waals surface area contributed by atoms with Gasteiger partial charge in [0.15, 0.2) is 5.96 Å². The molecule has 0 amide bonds. The molecule has 0 atom stereocenters. The maximum Gasteiger partial charge on any atom is 0.387 e. The van der Waals surface area contributed by atoms with Gasteiger partial charge in [0, 0.05) is 42.5 Å². The first-order valence-electron chi connectivity index (χ1n) is 7.69. The van der Waals surface area contributed by atoms with Crippen molar-refractivity contribution in [3.63, 3.8) is 0 Å². The first-order valence-corrected chi connectivity index (χ1v) is 8.07. The van der Waals surface area contributed by atoms with Crippen LogP contribution in [0.5, 0.6) is 11.6 Å². The summed E-state index contributed by atoms with van der Waals surface area (Å²) in [7, 11) is 3.15. The molecule has 0 fully saturated rings. The number of ether oxygens (including phenoxy) is 2. The zero-order valence-electron chi connectivity index (χ0n) is 14.3. The Morgan fingerprint density at radius 2 is 1.96 bits per heavy atom. The van der Waals surface area contributed by atoms with E-state index in [1.165, 1.54) is 12.1 Å². The lowest BCUT2D eigenvalue weighted by Gasteiger charge is -2.15. The topological polar surface area (TPSA) is 67.8 Å². The van der Waals surface area contributed by atoms with E-state index in [1.807, 2.05) is 6.07 Å². The van der Waals surface area contributed by atoms with Gasteiger partial charge < -0.3 is 20.1 Å². The van der Waals surface area contributed by atoms with E-state index in [0.717, 1.165) is 5.56 Å². The maximum atomic E-state index is 12.5. The first-order chi connectivity index (χ1) is 12.5. The van der Waals surface area contributed by atoms with Crippen LogP contribution in [0, 0.1) is 0 Å². The van der Waals surface area contributed by atoms with Crippen LogP contribution < -0.4 is 20.1 Å². The molecule has 26 heavy (non-hydrogen) atoms. The third kappa shape index (κ3) is 5.73. The lowest BCUT2D eigenvalue weighted by Crippen LogP contribution is -2.36. The van der Waals surface area contributed by atoms with E-state index in [9.17, 15) is 8.78 Å². The summed E-state index contributed by atoms with van der Waals surface area (Å²) in [5.41, 5.74) is 1.34. The van der Waals surface area contributed by atoms with Crippen molar-refractivity contribution in [2.45, 2.75) is 19.7 Å². The Labute approximate surface area is 155 Å². The summed E-state index contributed by atoms with van der Waals surface area (Å²) in [6.07, 6.45) is 1.64. The van der Waals surface area contributed by atoms with Gasteiger partial charge in [0.05, 0.1) is 7.11 Å². The molecule has 0 saturated heterocycles. The minimum Gasteiger partial charge on any atom is -0.481 e. The fourth-order valence-corrected chi connectivity index (χ4v) is 2.41. The molecule has 2 N–H and O–H groups in total. The summed E-state index contributed by atoms with van der Waals surface area (Å²) in [5.74, 6) is 1.04. The summed E-state index contributed by atoms with van der Waals surface area (Å²) in [4.78, 5) is 8.22. The molecular weight excluding hydrogens is 366 g/mol. The van der Waals surface area contributed by atoms with E-state index in [-0.39, 0.29) is 12.3 Å². The minimum atomic E-state index is -2.91. The van der Waals surface area contributed by atoms with Crippen LogP contribution in [0.4, 0.5) is 8.78 Å². The van der Waals surface area contributed by atoms with Gasteiger partial charge in [-0.15, -0.1) is 0 Å². The fourth-order valence-electron chi connectivity index (χ4n) is 2.22. The lowest BCUT2D eigenvalue weighted by molar-refractivity contribution is -0.0504. The number of guanidine groups is 1. The second kappa shape index (κ2) is 9.76. The molecule has 0 spiro atoms. The fraction of sp³-hybridized carbons (Fsp3) is 0.294. The Bertz CT molecular complexity index is 759. The van der Waals surface area contributed by atoms with Crippen LogP contribution >= 0.6 is 11.6 Å². The largest absolute Gasteiger partial charge is 0.481 e. The van der Waals surface area contributed by atoms with Crippen LogP contribution in [-0.4, -0.2) is 31.7 Å². The molecule has 9 heteroatoms. The molecule has 2 rings (SSSR count). The number of aliphatic imine (C=N–C) groups is 1. The highest BCUT2D eigenvalue weighted by Crippen LogP contribution is 2.24. The standard InChI is InChI=1S/C17H19ClF2N4O2/c1-21-17(23-9-11-4-3-7-22-15(11)25-2)24-10-12-8-13(18)5-6-14(12)26-16(19)20/h3-8,16H,9-10H2,1-2H3,(H2,21,23,24). The van der Waals surface area contributed by atoms with E-state index in [1.54, 1.807) is 32.5 Å². The number of nitrogens with one attached hydrogen (secondary N) is 2. The van der Waals surface area contributed by atoms with Gasteiger partial charge in [-0.3, -0.25) is 4.99 Å². The Morgan fingerprint density at radius 3 is 2.62 bits per heavy atom. The Balaban J connectivity index is 2.00. The van der Waals surface area contributed by atoms with Crippen LogP contribution in [0.2, 0.25) is 5.02 Å². The van der Waals surface area contributed by atoms with Crippen molar-refractivity contribution < 1.29 is 18.3 Å². The highest BCUT2D eigenvalue weighted by atomic mass is 35.5. The SMILES string of the molecule is CN=C(NCc1cc(Cl)ccc1OC(F)F)NCc1cccnc1OC. The van der Waals surface area contributed by atoms with E-state index in [0.29, 0.717) is 29.0 Å². The number of methoxy groups -OCH3 is 1. The number of pyridine rings is 1. The van der Waals surface area contributed by atoms with Crippen LogP contribution in [0.1, 0.15) is 11.1 Å². The molecule has 0 aliphatic heterocycles. The third-order valence-electron chi connectivity index (χ3n) is 3.40. The van der Waals surface area contributed by atoms with Crippen molar-refractivity contribution >= 4 is 17.6 Å².